The number of benzene rings is 1. The Hall–Kier alpha value is -2.09. The van der Waals surface area contributed by atoms with Crippen molar-refractivity contribution in [1.29, 1.82) is 0 Å². The maximum Gasteiger partial charge on any atom is 0.175 e. The highest BCUT2D eigenvalue weighted by Gasteiger charge is 2.20. The minimum Gasteiger partial charge on any atom is -0.382 e. The molecule has 6 nitrogen and oxygen atoms in total. The number of aliphatic imine (C=N–C) groups is 2. The van der Waals surface area contributed by atoms with Crippen LogP contribution in [-0.4, -0.2) is 41.7 Å². The van der Waals surface area contributed by atoms with E-state index in [9.17, 15) is 0 Å². The molecule has 0 saturated heterocycles. The maximum atomic E-state index is 6.41. The Morgan fingerprint density at radius 3 is 2.84 bits per heavy atom. The number of allylic oxidation sites excluding steroid dienone is 1. The number of hydrogen-bond acceptors (Lipinski definition) is 5. The normalized spacial score (nSPS) is 14.7. The number of amidine groups is 1. The van der Waals surface area contributed by atoms with Gasteiger partial charge in [-0.3, -0.25) is 4.99 Å². The molecule has 0 spiro atoms. The first-order valence-electron chi connectivity index (χ1n) is 10.6. The van der Waals surface area contributed by atoms with Crippen molar-refractivity contribution >= 4 is 47.8 Å². The van der Waals surface area contributed by atoms with E-state index >= 15 is 0 Å². The summed E-state index contributed by atoms with van der Waals surface area (Å²) in [6.45, 7) is 9.67. The molecule has 1 aromatic carbocycles. The predicted octanol–water partition coefficient (Wildman–Crippen LogP) is 5.17. The SMILES string of the molecule is C=Nc1c(/C(N)=N\C)nc(Sc2cc(Cl)cc(/C=C/C3CC3)c2)n1CCCNC(C)C. The van der Waals surface area contributed by atoms with Crippen molar-refractivity contribution < 1.29 is 0 Å². The van der Waals surface area contributed by atoms with Gasteiger partial charge in [-0.2, -0.15) is 0 Å². The number of nitrogens with two attached hydrogens (primary N) is 1. The van der Waals surface area contributed by atoms with E-state index in [1.807, 2.05) is 12.1 Å². The Bertz CT molecular complexity index is 975. The van der Waals surface area contributed by atoms with Crippen molar-refractivity contribution in [3.05, 3.63) is 40.6 Å². The van der Waals surface area contributed by atoms with Gasteiger partial charge in [-0.25, -0.2) is 9.98 Å². The zero-order chi connectivity index (χ0) is 22.4. The molecule has 1 aliphatic rings. The quantitative estimate of drug-likeness (QED) is 0.276. The van der Waals surface area contributed by atoms with Gasteiger partial charge in [0.05, 0.1) is 0 Å². The van der Waals surface area contributed by atoms with E-state index in [1.54, 1.807) is 18.8 Å². The van der Waals surface area contributed by atoms with Gasteiger partial charge < -0.3 is 15.6 Å². The first-order valence-corrected chi connectivity index (χ1v) is 11.8. The summed E-state index contributed by atoms with van der Waals surface area (Å²) in [7, 11) is 1.65. The largest absolute Gasteiger partial charge is 0.382 e. The number of hydrogen-bond donors (Lipinski definition) is 2. The van der Waals surface area contributed by atoms with Crippen molar-refractivity contribution in [1.82, 2.24) is 14.9 Å². The third-order valence-corrected chi connectivity index (χ3v) is 6.12. The van der Waals surface area contributed by atoms with Crippen molar-refractivity contribution in [3.8, 4) is 0 Å². The molecule has 0 aliphatic heterocycles. The molecule has 0 unspecified atom stereocenters. The summed E-state index contributed by atoms with van der Waals surface area (Å²) in [6.07, 6.45) is 7.91. The maximum absolute atomic E-state index is 6.41. The third-order valence-electron chi connectivity index (χ3n) is 4.94. The van der Waals surface area contributed by atoms with E-state index in [4.69, 9.17) is 22.3 Å². The highest BCUT2D eigenvalue weighted by atomic mass is 35.5. The molecular formula is C23H31ClN6S. The van der Waals surface area contributed by atoms with Gasteiger partial charge in [0, 0.05) is 29.6 Å². The molecule has 0 radical (unpaired) electrons. The Balaban J connectivity index is 1.89. The second-order valence-electron chi connectivity index (χ2n) is 7.97. The average Bonchev–Trinajstić information content (AvgIpc) is 3.50. The number of rotatable bonds is 11. The van der Waals surface area contributed by atoms with Gasteiger partial charge in [0.15, 0.2) is 16.7 Å². The monoisotopic (exact) mass is 458 g/mol. The second-order valence-corrected chi connectivity index (χ2v) is 9.44. The fraction of sp³-hybridized carbons (Fsp3) is 0.435. The first kappa shape index (κ1) is 23.6. The zero-order valence-electron chi connectivity index (χ0n) is 18.4. The molecule has 1 saturated carbocycles. The van der Waals surface area contributed by atoms with Crippen LogP contribution in [0.3, 0.4) is 0 Å². The van der Waals surface area contributed by atoms with Crippen molar-refractivity contribution in [2.45, 2.75) is 55.7 Å². The number of nitrogens with zero attached hydrogens (tertiary/aromatic N) is 4. The lowest BCUT2D eigenvalue weighted by atomic mass is 10.2. The molecule has 166 valence electrons. The van der Waals surface area contributed by atoms with Crippen LogP contribution < -0.4 is 11.1 Å². The first-order chi connectivity index (χ1) is 14.9. The predicted molar refractivity (Wildman–Crippen MR) is 133 cm³/mol. The zero-order valence-corrected chi connectivity index (χ0v) is 20.0. The van der Waals surface area contributed by atoms with Gasteiger partial charge in [0.1, 0.15) is 5.84 Å². The van der Waals surface area contributed by atoms with E-state index in [2.05, 4.69) is 58.7 Å². The minimum atomic E-state index is 0.349. The van der Waals surface area contributed by atoms with Gasteiger partial charge in [-0.05, 0) is 62.2 Å². The van der Waals surface area contributed by atoms with Gasteiger partial charge in [-0.15, -0.1) is 0 Å². The molecule has 2 aromatic rings. The Labute approximate surface area is 194 Å². The Morgan fingerprint density at radius 1 is 1.42 bits per heavy atom. The molecule has 1 aromatic heterocycles. The van der Waals surface area contributed by atoms with Crippen molar-refractivity contribution in [2.24, 2.45) is 21.6 Å². The average molecular weight is 459 g/mol. The van der Waals surface area contributed by atoms with Crippen LogP contribution in [0, 0.1) is 5.92 Å². The summed E-state index contributed by atoms with van der Waals surface area (Å²) in [5.74, 6) is 1.71. The standard InChI is InChI=1S/C23H31ClN6S/c1-15(2)28-10-5-11-30-22(27-4)20(21(25)26-3)29-23(30)31-19-13-17(12-18(24)14-19)9-8-16-6-7-16/h8-9,12-16,28H,4-7,10-11H2,1-3H3,(H2,25,26)/b9-8+. The lowest BCUT2D eigenvalue weighted by Gasteiger charge is -2.12. The van der Waals surface area contributed by atoms with Crippen LogP contribution in [-0.2, 0) is 6.54 Å². The molecule has 8 heteroatoms. The highest BCUT2D eigenvalue weighted by Crippen LogP contribution is 2.35. The highest BCUT2D eigenvalue weighted by molar-refractivity contribution is 7.99. The van der Waals surface area contributed by atoms with Crippen LogP contribution in [0.15, 0.2) is 44.3 Å². The van der Waals surface area contributed by atoms with Crippen LogP contribution in [0.5, 0.6) is 0 Å². The minimum absolute atomic E-state index is 0.349. The van der Waals surface area contributed by atoms with E-state index in [1.165, 1.54) is 12.8 Å². The van der Waals surface area contributed by atoms with E-state index in [-0.39, 0.29) is 0 Å². The van der Waals surface area contributed by atoms with Crippen LogP contribution in [0.1, 0.15) is 44.4 Å². The van der Waals surface area contributed by atoms with E-state index in [0.717, 1.165) is 35.1 Å². The van der Waals surface area contributed by atoms with E-state index < -0.39 is 0 Å². The molecule has 0 bridgehead atoms. The van der Waals surface area contributed by atoms with Gasteiger partial charge in [-0.1, -0.05) is 49.4 Å². The summed E-state index contributed by atoms with van der Waals surface area (Å²) in [4.78, 5) is 14.1. The Kier molecular flexibility index (Phi) is 8.35. The Morgan fingerprint density at radius 2 is 2.19 bits per heavy atom. The lowest BCUT2D eigenvalue weighted by molar-refractivity contribution is 0.522. The molecule has 3 N–H and O–H groups in total. The van der Waals surface area contributed by atoms with Crippen molar-refractivity contribution in [2.75, 3.05) is 13.6 Å². The summed E-state index contributed by atoms with van der Waals surface area (Å²) in [5.41, 5.74) is 7.76. The number of aromatic nitrogens is 2. The summed E-state index contributed by atoms with van der Waals surface area (Å²) in [6, 6.07) is 6.52. The number of imidazole rings is 1. The molecule has 3 rings (SSSR count). The van der Waals surface area contributed by atoms with Gasteiger partial charge in [0.25, 0.3) is 0 Å². The van der Waals surface area contributed by atoms with Crippen LogP contribution in [0.25, 0.3) is 6.08 Å². The second kappa shape index (κ2) is 11.0. The van der Waals surface area contributed by atoms with Crippen LogP contribution in [0.4, 0.5) is 5.82 Å². The van der Waals surface area contributed by atoms with Gasteiger partial charge >= 0.3 is 0 Å². The summed E-state index contributed by atoms with van der Waals surface area (Å²) >= 11 is 7.96. The number of nitrogens with one attached hydrogen (secondary N) is 1. The molecule has 0 atom stereocenters. The molecule has 1 aliphatic carbocycles. The summed E-state index contributed by atoms with van der Waals surface area (Å²) < 4.78 is 2.06. The molecule has 31 heavy (non-hydrogen) atoms. The molecule has 1 fully saturated rings. The van der Waals surface area contributed by atoms with Crippen molar-refractivity contribution in [3.63, 3.8) is 0 Å². The fourth-order valence-corrected chi connectivity index (χ4v) is 4.48. The van der Waals surface area contributed by atoms with Crippen LogP contribution in [0.2, 0.25) is 5.02 Å². The van der Waals surface area contributed by atoms with Gasteiger partial charge in [0.2, 0.25) is 0 Å². The van der Waals surface area contributed by atoms with Crippen LogP contribution >= 0.6 is 23.4 Å². The van der Waals surface area contributed by atoms with E-state index in [0.29, 0.717) is 34.3 Å². The molecule has 0 amide bonds. The summed E-state index contributed by atoms with van der Waals surface area (Å²) in [5, 5.41) is 4.95. The topological polar surface area (TPSA) is 80.6 Å². The fourth-order valence-electron chi connectivity index (χ4n) is 3.15. The molecular weight excluding hydrogens is 428 g/mol. The number of halogens is 1. The smallest absolute Gasteiger partial charge is 0.175 e. The molecule has 1 heterocycles. The third kappa shape index (κ3) is 6.69. The lowest BCUT2D eigenvalue weighted by Crippen LogP contribution is -2.24.